The number of carbonyl (C=O) groups excluding carboxylic acids is 2. The summed E-state index contributed by atoms with van der Waals surface area (Å²) in [5, 5.41) is 14.5. The van der Waals surface area contributed by atoms with Crippen molar-refractivity contribution in [2.45, 2.75) is 64.0 Å². The first-order valence-electron chi connectivity index (χ1n) is 13.7. The molecule has 3 N–H and O–H groups in total. The van der Waals surface area contributed by atoms with Crippen molar-refractivity contribution in [3.63, 3.8) is 0 Å². The van der Waals surface area contributed by atoms with Crippen molar-refractivity contribution in [1.29, 1.82) is 0 Å². The minimum atomic E-state index is -0.961. The number of carbonyl (C=O) groups is 3. The highest BCUT2D eigenvalue weighted by atomic mass is 16.4. The third kappa shape index (κ3) is 7.93. The van der Waals surface area contributed by atoms with Crippen LogP contribution in [-0.4, -0.2) is 29.6 Å². The minimum absolute atomic E-state index is 0.0698. The molecule has 39 heavy (non-hydrogen) atoms. The quantitative estimate of drug-likeness (QED) is 0.283. The number of amides is 3. The van der Waals surface area contributed by atoms with Crippen LogP contribution in [0.5, 0.6) is 0 Å². The van der Waals surface area contributed by atoms with Crippen LogP contribution in [0.3, 0.4) is 0 Å². The number of urea groups is 1. The molecule has 0 spiro atoms. The Balaban J connectivity index is 1.50. The van der Waals surface area contributed by atoms with Gasteiger partial charge in [0.1, 0.15) is 0 Å². The van der Waals surface area contributed by atoms with Crippen molar-refractivity contribution in [2.75, 3.05) is 11.4 Å². The molecule has 4 rings (SSSR count). The fraction of sp³-hybridized carbons (Fsp3) is 0.344. The van der Waals surface area contributed by atoms with Gasteiger partial charge in [-0.05, 0) is 66.6 Å². The standard InChI is InChI=1S/C32H37N3O4/c1-23(25-8-4-2-5-9-25)34-32(39)35(29-18-16-27(17-19-29)26-10-6-3-7-11-26)22-24-12-14-28(15-13-24)31(38)33-21-20-30(36)37/h2,4-5,8-9,12-19,23,26H,3,6-7,10-11,20-22H2,1H3,(H,33,38)(H,34,39)(H,36,37)/t23-/m1/s1. The van der Waals surface area contributed by atoms with Gasteiger partial charge in [-0.3, -0.25) is 14.5 Å². The molecular formula is C32H37N3O4. The molecule has 0 aliphatic heterocycles. The molecule has 7 heteroatoms. The summed E-state index contributed by atoms with van der Waals surface area (Å²) in [4.78, 5) is 38.3. The lowest BCUT2D eigenvalue weighted by molar-refractivity contribution is -0.136. The molecule has 0 saturated heterocycles. The van der Waals surface area contributed by atoms with E-state index in [1.165, 1.54) is 37.7 Å². The van der Waals surface area contributed by atoms with E-state index in [-0.39, 0.29) is 30.9 Å². The van der Waals surface area contributed by atoms with Gasteiger partial charge in [0.2, 0.25) is 0 Å². The predicted molar refractivity (Wildman–Crippen MR) is 153 cm³/mol. The van der Waals surface area contributed by atoms with E-state index in [1.54, 1.807) is 17.0 Å². The Morgan fingerprint density at radius 3 is 2.21 bits per heavy atom. The third-order valence-corrected chi connectivity index (χ3v) is 7.35. The second kappa shape index (κ2) is 13.6. The molecule has 1 aliphatic rings. The molecule has 204 valence electrons. The van der Waals surface area contributed by atoms with Gasteiger partial charge in [-0.25, -0.2) is 4.79 Å². The summed E-state index contributed by atoms with van der Waals surface area (Å²) in [6, 6.07) is 24.9. The monoisotopic (exact) mass is 527 g/mol. The van der Waals surface area contributed by atoms with Crippen molar-refractivity contribution >= 4 is 23.6 Å². The summed E-state index contributed by atoms with van der Waals surface area (Å²) in [5.74, 6) is -0.702. The van der Waals surface area contributed by atoms with Crippen LogP contribution < -0.4 is 15.5 Å². The van der Waals surface area contributed by atoms with Gasteiger partial charge < -0.3 is 15.7 Å². The maximum absolute atomic E-state index is 13.6. The van der Waals surface area contributed by atoms with Gasteiger partial charge in [0.05, 0.1) is 19.0 Å². The number of carboxylic acids is 1. The number of anilines is 1. The number of hydrogen-bond donors (Lipinski definition) is 3. The number of nitrogens with one attached hydrogen (secondary N) is 2. The van der Waals surface area contributed by atoms with E-state index in [0.717, 1.165) is 16.8 Å². The smallest absolute Gasteiger partial charge is 0.322 e. The number of benzene rings is 3. The van der Waals surface area contributed by atoms with E-state index in [2.05, 4.69) is 22.8 Å². The Bertz CT molecular complexity index is 1240. The molecule has 0 bridgehead atoms. The molecule has 3 aromatic rings. The highest BCUT2D eigenvalue weighted by Gasteiger charge is 2.21. The van der Waals surface area contributed by atoms with Crippen LogP contribution in [0.25, 0.3) is 0 Å². The van der Waals surface area contributed by atoms with Crippen molar-refractivity contribution in [3.8, 4) is 0 Å². The molecule has 3 aromatic carbocycles. The zero-order valence-electron chi connectivity index (χ0n) is 22.4. The summed E-state index contributed by atoms with van der Waals surface area (Å²) < 4.78 is 0. The van der Waals surface area contributed by atoms with Crippen molar-refractivity contribution in [3.05, 3.63) is 101 Å². The van der Waals surface area contributed by atoms with Crippen LogP contribution in [-0.2, 0) is 11.3 Å². The van der Waals surface area contributed by atoms with Crippen LogP contribution in [0, 0.1) is 0 Å². The van der Waals surface area contributed by atoms with Crippen LogP contribution >= 0.6 is 0 Å². The summed E-state index contributed by atoms with van der Waals surface area (Å²) in [7, 11) is 0. The van der Waals surface area contributed by atoms with Crippen molar-refractivity contribution in [1.82, 2.24) is 10.6 Å². The zero-order valence-corrected chi connectivity index (χ0v) is 22.4. The lowest BCUT2D eigenvalue weighted by atomic mass is 9.84. The average Bonchev–Trinajstić information content (AvgIpc) is 2.97. The topological polar surface area (TPSA) is 98.7 Å². The lowest BCUT2D eigenvalue weighted by Gasteiger charge is -2.27. The number of carboxylic acid groups (broad SMARTS) is 1. The van der Waals surface area contributed by atoms with Crippen LogP contribution in [0.4, 0.5) is 10.5 Å². The Morgan fingerprint density at radius 1 is 0.897 bits per heavy atom. The minimum Gasteiger partial charge on any atom is -0.481 e. The van der Waals surface area contributed by atoms with E-state index in [9.17, 15) is 14.4 Å². The highest BCUT2D eigenvalue weighted by molar-refractivity contribution is 5.94. The molecule has 1 aliphatic carbocycles. The van der Waals surface area contributed by atoms with Gasteiger partial charge in [-0.2, -0.15) is 0 Å². The second-order valence-electron chi connectivity index (χ2n) is 10.2. The molecule has 1 fully saturated rings. The molecule has 0 heterocycles. The normalized spacial score (nSPS) is 14.3. The van der Waals surface area contributed by atoms with Gasteiger partial charge >= 0.3 is 12.0 Å². The maximum atomic E-state index is 13.6. The molecule has 7 nitrogen and oxygen atoms in total. The van der Waals surface area contributed by atoms with Gasteiger partial charge in [-0.15, -0.1) is 0 Å². The van der Waals surface area contributed by atoms with Crippen LogP contribution in [0.15, 0.2) is 78.9 Å². The van der Waals surface area contributed by atoms with E-state index < -0.39 is 5.97 Å². The van der Waals surface area contributed by atoms with E-state index >= 15 is 0 Å². The van der Waals surface area contributed by atoms with E-state index in [4.69, 9.17) is 5.11 Å². The number of hydrogen-bond acceptors (Lipinski definition) is 3. The Morgan fingerprint density at radius 2 is 1.56 bits per heavy atom. The highest BCUT2D eigenvalue weighted by Crippen LogP contribution is 2.33. The lowest BCUT2D eigenvalue weighted by Crippen LogP contribution is -2.40. The maximum Gasteiger partial charge on any atom is 0.322 e. The summed E-state index contributed by atoms with van der Waals surface area (Å²) >= 11 is 0. The fourth-order valence-corrected chi connectivity index (χ4v) is 5.06. The molecule has 1 atom stereocenters. The first-order valence-corrected chi connectivity index (χ1v) is 13.7. The Hall–Kier alpha value is -4.13. The molecule has 0 aromatic heterocycles. The number of rotatable bonds is 10. The SMILES string of the molecule is C[C@@H](NC(=O)N(Cc1ccc(C(=O)NCCC(=O)O)cc1)c1ccc(C2CCCCC2)cc1)c1ccccc1. The Labute approximate surface area is 230 Å². The van der Waals surface area contributed by atoms with Crippen molar-refractivity contribution in [2.24, 2.45) is 0 Å². The van der Waals surface area contributed by atoms with Crippen LogP contribution in [0.1, 0.15) is 84.5 Å². The predicted octanol–water partition coefficient (Wildman–Crippen LogP) is 6.42. The van der Waals surface area contributed by atoms with Crippen LogP contribution in [0.2, 0.25) is 0 Å². The summed E-state index contributed by atoms with van der Waals surface area (Å²) in [5.41, 5.74) is 4.47. The molecule has 0 unspecified atom stereocenters. The summed E-state index contributed by atoms with van der Waals surface area (Å²) in [6.07, 6.45) is 6.15. The number of nitrogens with zero attached hydrogens (tertiary/aromatic N) is 1. The zero-order chi connectivity index (χ0) is 27.6. The van der Waals surface area contributed by atoms with Gasteiger partial charge in [0.25, 0.3) is 5.91 Å². The first kappa shape index (κ1) is 27.9. The van der Waals surface area contributed by atoms with E-state index in [0.29, 0.717) is 18.0 Å². The van der Waals surface area contributed by atoms with Gasteiger partial charge in [0.15, 0.2) is 0 Å². The molecular weight excluding hydrogens is 490 g/mol. The first-order chi connectivity index (χ1) is 18.9. The fourth-order valence-electron chi connectivity index (χ4n) is 5.06. The third-order valence-electron chi connectivity index (χ3n) is 7.35. The van der Waals surface area contributed by atoms with Gasteiger partial charge in [0, 0.05) is 17.8 Å². The molecule has 3 amide bonds. The average molecular weight is 528 g/mol. The second-order valence-corrected chi connectivity index (χ2v) is 10.2. The largest absolute Gasteiger partial charge is 0.481 e. The summed E-state index contributed by atoms with van der Waals surface area (Å²) in [6.45, 7) is 2.37. The number of aliphatic carboxylic acids is 1. The van der Waals surface area contributed by atoms with Crippen molar-refractivity contribution < 1.29 is 19.5 Å². The molecule has 1 saturated carbocycles. The molecule has 0 radical (unpaired) electrons. The van der Waals surface area contributed by atoms with E-state index in [1.807, 2.05) is 61.5 Å². The Kier molecular flexibility index (Phi) is 9.73. The van der Waals surface area contributed by atoms with Gasteiger partial charge in [-0.1, -0.05) is 73.9 Å².